The van der Waals surface area contributed by atoms with Crippen LogP contribution in [0.2, 0.25) is 0 Å². The average Bonchev–Trinajstić information content (AvgIpc) is 3.05. The number of nitrogens with one attached hydrogen (secondary N) is 1. The van der Waals surface area contributed by atoms with Crippen molar-refractivity contribution in [3.8, 4) is 5.75 Å². The first-order valence-electron chi connectivity index (χ1n) is 10.6. The second-order valence-corrected chi connectivity index (χ2v) is 7.59. The van der Waals surface area contributed by atoms with E-state index in [1.54, 1.807) is 12.2 Å². The summed E-state index contributed by atoms with van der Waals surface area (Å²) in [4.78, 5) is 16.4. The summed E-state index contributed by atoms with van der Waals surface area (Å²) >= 11 is 0. The molecule has 0 saturated heterocycles. The maximum atomic E-state index is 11.7. The molecule has 0 spiro atoms. The van der Waals surface area contributed by atoms with Gasteiger partial charge in [0.25, 0.3) is 0 Å². The van der Waals surface area contributed by atoms with Crippen LogP contribution in [0.25, 0.3) is 11.0 Å². The first-order chi connectivity index (χ1) is 14.6. The van der Waals surface area contributed by atoms with E-state index in [-0.39, 0.29) is 5.91 Å². The number of unbranched alkanes of at least 4 members (excludes halogenated alkanes) is 1. The summed E-state index contributed by atoms with van der Waals surface area (Å²) in [5, 5.41) is 2.91. The number of carbonyl (C=O) groups is 1. The third-order valence-corrected chi connectivity index (χ3v) is 4.94. The predicted octanol–water partition coefficient (Wildman–Crippen LogP) is 4.75. The highest BCUT2D eigenvalue weighted by atomic mass is 16.5. The maximum absolute atomic E-state index is 11.7. The largest absolute Gasteiger partial charge is 0.494 e. The Kier molecular flexibility index (Phi) is 7.66. The number of fused-ring (bicyclic) bond motifs is 1. The van der Waals surface area contributed by atoms with E-state index in [9.17, 15) is 4.79 Å². The van der Waals surface area contributed by atoms with Crippen LogP contribution in [-0.2, 0) is 17.8 Å². The second-order valence-electron chi connectivity index (χ2n) is 7.59. The number of aryl methyl sites for hydroxylation is 3. The molecule has 3 aromatic rings. The first kappa shape index (κ1) is 21.6. The molecule has 0 aliphatic rings. The quantitative estimate of drug-likeness (QED) is 0.391. The van der Waals surface area contributed by atoms with Crippen LogP contribution >= 0.6 is 0 Å². The van der Waals surface area contributed by atoms with Gasteiger partial charge in [-0.3, -0.25) is 4.79 Å². The zero-order chi connectivity index (χ0) is 21.3. The minimum Gasteiger partial charge on any atom is -0.494 e. The summed E-state index contributed by atoms with van der Waals surface area (Å²) in [5.41, 5.74) is 4.59. The Hall–Kier alpha value is -3.08. The Morgan fingerprint density at radius 1 is 1.13 bits per heavy atom. The minimum absolute atomic E-state index is 0.0660. The molecule has 0 atom stereocenters. The van der Waals surface area contributed by atoms with Gasteiger partial charge in [-0.2, -0.15) is 0 Å². The molecule has 1 aromatic heterocycles. The standard InChI is InChI=1S/C25H31N3O2/c1-4-9-25(29)26-13-12-24-27-22-10-5-6-11-23(22)28(24)14-7-8-15-30-21-17-19(2)16-20(3)18-21/h4-6,9-11,16-18H,7-8,12-15H2,1-3H3,(H,26,29)/b9-4+. The van der Waals surface area contributed by atoms with Gasteiger partial charge in [0.15, 0.2) is 0 Å². The van der Waals surface area contributed by atoms with E-state index in [1.807, 2.05) is 25.1 Å². The van der Waals surface area contributed by atoms with Gasteiger partial charge in [0.2, 0.25) is 5.91 Å². The highest BCUT2D eigenvalue weighted by Gasteiger charge is 2.10. The third-order valence-electron chi connectivity index (χ3n) is 4.94. The average molecular weight is 406 g/mol. The highest BCUT2D eigenvalue weighted by molar-refractivity contribution is 5.87. The molecule has 158 valence electrons. The number of amides is 1. The molecule has 2 aromatic carbocycles. The van der Waals surface area contributed by atoms with E-state index in [0.717, 1.165) is 42.0 Å². The van der Waals surface area contributed by atoms with Crippen molar-refractivity contribution in [2.45, 2.75) is 46.6 Å². The number of rotatable bonds is 10. The van der Waals surface area contributed by atoms with Gasteiger partial charge in [-0.15, -0.1) is 0 Å². The number of aromatic nitrogens is 2. The summed E-state index contributed by atoms with van der Waals surface area (Å²) < 4.78 is 8.21. The Morgan fingerprint density at radius 3 is 2.67 bits per heavy atom. The van der Waals surface area contributed by atoms with Gasteiger partial charge in [-0.1, -0.05) is 24.3 Å². The normalized spacial score (nSPS) is 11.3. The molecule has 30 heavy (non-hydrogen) atoms. The van der Waals surface area contributed by atoms with Crippen LogP contribution in [0.3, 0.4) is 0 Å². The van der Waals surface area contributed by atoms with E-state index in [2.05, 4.69) is 48.0 Å². The number of carbonyl (C=O) groups excluding carboxylic acids is 1. The fraction of sp³-hybridized carbons (Fsp3) is 0.360. The smallest absolute Gasteiger partial charge is 0.243 e. The number of nitrogens with zero attached hydrogens (tertiary/aromatic N) is 2. The van der Waals surface area contributed by atoms with Crippen LogP contribution in [0.15, 0.2) is 54.6 Å². The molecular weight excluding hydrogens is 374 g/mol. The number of ether oxygens (including phenoxy) is 1. The number of para-hydroxylation sites is 2. The molecule has 3 rings (SSSR count). The zero-order valence-corrected chi connectivity index (χ0v) is 18.1. The molecule has 0 saturated carbocycles. The lowest BCUT2D eigenvalue weighted by atomic mass is 10.1. The molecule has 5 heteroatoms. The summed E-state index contributed by atoms with van der Waals surface area (Å²) in [6, 6.07) is 14.5. The van der Waals surface area contributed by atoms with Gasteiger partial charge in [0.1, 0.15) is 11.6 Å². The summed E-state index contributed by atoms with van der Waals surface area (Å²) in [6.07, 6.45) is 5.96. The van der Waals surface area contributed by atoms with Crippen molar-refractivity contribution in [2.24, 2.45) is 0 Å². The molecule has 0 aliphatic heterocycles. The van der Waals surface area contributed by atoms with E-state index < -0.39 is 0 Å². The van der Waals surface area contributed by atoms with E-state index in [4.69, 9.17) is 9.72 Å². The van der Waals surface area contributed by atoms with Crippen molar-refractivity contribution >= 4 is 16.9 Å². The summed E-state index contributed by atoms with van der Waals surface area (Å²) in [7, 11) is 0. The zero-order valence-electron chi connectivity index (χ0n) is 18.1. The lowest BCUT2D eigenvalue weighted by Gasteiger charge is -2.11. The highest BCUT2D eigenvalue weighted by Crippen LogP contribution is 2.19. The Morgan fingerprint density at radius 2 is 1.90 bits per heavy atom. The topological polar surface area (TPSA) is 56.2 Å². The summed E-state index contributed by atoms with van der Waals surface area (Å²) in [5.74, 6) is 1.88. The van der Waals surface area contributed by atoms with Crippen LogP contribution in [-0.4, -0.2) is 28.6 Å². The van der Waals surface area contributed by atoms with Gasteiger partial charge in [0, 0.05) is 19.5 Å². The van der Waals surface area contributed by atoms with Crippen LogP contribution in [0.5, 0.6) is 5.75 Å². The van der Waals surface area contributed by atoms with Crippen molar-refractivity contribution < 1.29 is 9.53 Å². The van der Waals surface area contributed by atoms with E-state index in [0.29, 0.717) is 19.6 Å². The number of hydrogen-bond donors (Lipinski definition) is 1. The maximum Gasteiger partial charge on any atom is 0.243 e. The second kappa shape index (κ2) is 10.6. The molecule has 0 aliphatic carbocycles. The van der Waals surface area contributed by atoms with Crippen LogP contribution in [0.4, 0.5) is 0 Å². The predicted molar refractivity (Wildman–Crippen MR) is 122 cm³/mol. The van der Waals surface area contributed by atoms with E-state index in [1.165, 1.54) is 11.1 Å². The van der Waals surface area contributed by atoms with Crippen LogP contribution in [0, 0.1) is 13.8 Å². The first-order valence-corrected chi connectivity index (χ1v) is 10.6. The third kappa shape index (κ3) is 5.96. The number of benzene rings is 2. The molecule has 5 nitrogen and oxygen atoms in total. The fourth-order valence-corrected chi connectivity index (χ4v) is 3.65. The van der Waals surface area contributed by atoms with Crippen molar-refractivity contribution in [1.82, 2.24) is 14.9 Å². The molecular formula is C25H31N3O2. The van der Waals surface area contributed by atoms with Crippen molar-refractivity contribution in [1.29, 1.82) is 0 Å². The molecule has 0 radical (unpaired) electrons. The number of imidazole rings is 1. The van der Waals surface area contributed by atoms with Crippen molar-refractivity contribution in [3.63, 3.8) is 0 Å². The van der Waals surface area contributed by atoms with Gasteiger partial charge in [0.05, 0.1) is 17.6 Å². The lowest BCUT2D eigenvalue weighted by molar-refractivity contribution is -0.116. The number of hydrogen-bond acceptors (Lipinski definition) is 3. The Labute approximate surface area is 178 Å². The SMILES string of the molecule is C/C=C/C(=O)NCCc1nc2ccccc2n1CCCCOc1cc(C)cc(C)c1. The van der Waals surface area contributed by atoms with Gasteiger partial charge < -0.3 is 14.6 Å². The fourth-order valence-electron chi connectivity index (χ4n) is 3.65. The van der Waals surface area contributed by atoms with Gasteiger partial charge in [-0.05, 0) is 75.1 Å². The van der Waals surface area contributed by atoms with Crippen LogP contribution < -0.4 is 10.1 Å². The lowest BCUT2D eigenvalue weighted by Crippen LogP contribution is -2.24. The molecule has 0 bridgehead atoms. The Balaban J connectivity index is 1.56. The van der Waals surface area contributed by atoms with Gasteiger partial charge >= 0.3 is 0 Å². The molecule has 0 unspecified atom stereocenters. The number of allylic oxidation sites excluding steroid dienone is 1. The minimum atomic E-state index is -0.0660. The summed E-state index contributed by atoms with van der Waals surface area (Å²) in [6.45, 7) is 8.17. The Bertz CT molecular complexity index is 1000. The van der Waals surface area contributed by atoms with Crippen LogP contribution in [0.1, 0.15) is 36.7 Å². The molecule has 1 amide bonds. The van der Waals surface area contributed by atoms with Crippen molar-refractivity contribution in [2.75, 3.05) is 13.2 Å². The van der Waals surface area contributed by atoms with Crippen molar-refractivity contribution in [3.05, 3.63) is 71.6 Å². The monoisotopic (exact) mass is 405 g/mol. The molecule has 1 heterocycles. The van der Waals surface area contributed by atoms with Gasteiger partial charge in [-0.25, -0.2) is 4.98 Å². The molecule has 1 N–H and O–H groups in total. The molecule has 0 fully saturated rings. The van der Waals surface area contributed by atoms with E-state index >= 15 is 0 Å².